The van der Waals surface area contributed by atoms with Gasteiger partial charge in [0.25, 0.3) is 5.91 Å². The van der Waals surface area contributed by atoms with E-state index in [4.69, 9.17) is 14.0 Å². The summed E-state index contributed by atoms with van der Waals surface area (Å²) >= 11 is 0. The number of rotatable bonds is 2. The fourth-order valence-electron chi connectivity index (χ4n) is 3.56. The molecule has 1 unspecified atom stereocenters. The molecule has 0 bridgehead atoms. The van der Waals surface area contributed by atoms with E-state index in [0.29, 0.717) is 5.76 Å². The predicted octanol–water partition coefficient (Wildman–Crippen LogP) is 1.99. The number of nitrogens with zero attached hydrogens (tertiary/aromatic N) is 3. The van der Waals surface area contributed by atoms with Crippen molar-refractivity contribution in [3.63, 3.8) is 0 Å². The number of carbonyl (C=O) groups is 2. The zero-order valence-electron chi connectivity index (χ0n) is 15.9. The van der Waals surface area contributed by atoms with Crippen LogP contribution in [0, 0.1) is 12.7 Å². The molecular formula is C19H18F3N3O5. The van der Waals surface area contributed by atoms with Crippen LogP contribution in [0.25, 0.3) is 0 Å². The Labute approximate surface area is 169 Å². The van der Waals surface area contributed by atoms with Gasteiger partial charge in [-0.2, -0.15) is 8.78 Å². The Balaban J connectivity index is 1.65. The number of alkyl halides is 2. The van der Waals surface area contributed by atoms with E-state index >= 15 is 0 Å². The highest BCUT2D eigenvalue weighted by Crippen LogP contribution is 2.37. The average Bonchev–Trinajstić information content (AvgIpc) is 3.03. The third-order valence-electron chi connectivity index (χ3n) is 4.91. The van der Waals surface area contributed by atoms with Gasteiger partial charge in [0.05, 0.1) is 26.3 Å². The zero-order chi connectivity index (χ0) is 21.5. The van der Waals surface area contributed by atoms with Crippen LogP contribution in [0.3, 0.4) is 0 Å². The smallest absolute Gasteiger partial charge is 0.376 e. The van der Waals surface area contributed by atoms with Crippen molar-refractivity contribution in [1.82, 2.24) is 10.1 Å². The number of anilines is 1. The molecule has 1 aromatic carbocycles. The largest absolute Gasteiger partial charge is 0.437 e. The summed E-state index contributed by atoms with van der Waals surface area (Å²) in [7, 11) is 0. The molecule has 160 valence electrons. The molecule has 0 aliphatic carbocycles. The Bertz CT molecular complexity index is 965. The maximum absolute atomic E-state index is 14.6. The fraction of sp³-hybridized carbons (Fsp3) is 0.421. The first-order chi connectivity index (χ1) is 14.2. The van der Waals surface area contributed by atoms with Crippen LogP contribution in [0.15, 0.2) is 34.9 Å². The van der Waals surface area contributed by atoms with Crippen molar-refractivity contribution < 1.29 is 36.8 Å². The molecule has 0 N–H and O–H groups in total. The standard InChI is InChI=1S/C19H18F3N3O5/c1-12-8-15(23-29-12)16(26)24-6-7-28-11-18(9-24)10-25(17(27)19(21,22)30-18)14-4-2-13(20)3-5-14/h2-5,8H,6-7,9-11H2,1H3. The second kappa shape index (κ2) is 7.40. The van der Waals surface area contributed by atoms with Crippen LogP contribution in [-0.2, 0) is 14.3 Å². The van der Waals surface area contributed by atoms with Crippen molar-refractivity contribution in [2.24, 2.45) is 0 Å². The quantitative estimate of drug-likeness (QED) is 0.732. The van der Waals surface area contributed by atoms with Gasteiger partial charge in [-0.15, -0.1) is 0 Å². The molecule has 30 heavy (non-hydrogen) atoms. The molecule has 2 fully saturated rings. The lowest BCUT2D eigenvalue weighted by molar-refractivity contribution is -0.293. The van der Waals surface area contributed by atoms with Crippen molar-refractivity contribution in [1.29, 1.82) is 0 Å². The molecule has 3 heterocycles. The molecule has 1 atom stereocenters. The van der Waals surface area contributed by atoms with Crippen molar-refractivity contribution in [2.45, 2.75) is 18.6 Å². The van der Waals surface area contributed by atoms with Crippen molar-refractivity contribution in [3.05, 3.63) is 47.6 Å². The average molecular weight is 425 g/mol. The van der Waals surface area contributed by atoms with Crippen LogP contribution in [-0.4, -0.2) is 66.4 Å². The van der Waals surface area contributed by atoms with E-state index in [1.165, 1.54) is 23.1 Å². The van der Waals surface area contributed by atoms with Gasteiger partial charge in [0.15, 0.2) is 5.69 Å². The molecule has 2 saturated heterocycles. The highest BCUT2D eigenvalue weighted by atomic mass is 19.3. The number of aromatic nitrogens is 1. The van der Waals surface area contributed by atoms with Gasteiger partial charge in [-0.1, -0.05) is 5.16 Å². The summed E-state index contributed by atoms with van der Waals surface area (Å²) in [5, 5.41) is 3.67. The second-order valence-electron chi connectivity index (χ2n) is 7.27. The number of carbonyl (C=O) groups excluding carboxylic acids is 2. The van der Waals surface area contributed by atoms with Gasteiger partial charge in [0, 0.05) is 18.3 Å². The molecule has 0 saturated carbocycles. The summed E-state index contributed by atoms with van der Waals surface area (Å²) in [6, 6.07) is 6.01. The highest BCUT2D eigenvalue weighted by Gasteiger charge is 2.58. The summed E-state index contributed by atoms with van der Waals surface area (Å²) in [6.45, 7) is 0.978. The lowest BCUT2D eigenvalue weighted by Gasteiger charge is -2.45. The Morgan fingerprint density at radius 3 is 2.60 bits per heavy atom. The number of aryl methyl sites for hydroxylation is 1. The van der Waals surface area contributed by atoms with E-state index in [-0.39, 0.29) is 44.2 Å². The summed E-state index contributed by atoms with van der Waals surface area (Å²) in [4.78, 5) is 27.2. The van der Waals surface area contributed by atoms with Gasteiger partial charge in [0.1, 0.15) is 17.2 Å². The second-order valence-corrected chi connectivity index (χ2v) is 7.27. The van der Waals surface area contributed by atoms with E-state index in [9.17, 15) is 22.8 Å². The number of morpholine rings is 1. The van der Waals surface area contributed by atoms with E-state index in [2.05, 4.69) is 5.16 Å². The van der Waals surface area contributed by atoms with Crippen LogP contribution >= 0.6 is 0 Å². The Morgan fingerprint density at radius 2 is 1.93 bits per heavy atom. The monoisotopic (exact) mass is 425 g/mol. The van der Waals surface area contributed by atoms with Crippen molar-refractivity contribution in [2.75, 3.05) is 37.7 Å². The maximum atomic E-state index is 14.6. The van der Waals surface area contributed by atoms with Gasteiger partial charge in [0.2, 0.25) is 0 Å². The lowest BCUT2D eigenvalue weighted by Crippen LogP contribution is -2.66. The number of hydrogen-bond donors (Lipinski definition) is 0. The SMILES string of the molecule is Cc1cc(C(=O)N2CCOCC3(C2)CN(c2ccc(F)cc2)C(=O)C(F)(F)O3)no1. The van der Waals surface area contributed by atoms with Crippen LogP contribution in [0.5, 0.6) is 0 Å². The van der Waals surface area contributed by atoms with Crippen LogP contribution in [0.1, 0.15) is 16.2 Å². The molecule has 2 amide bonds. The maximum Gasteiger partial charge on any atom is 0.437 e. The van der Waals surface area contributed by atoms with Crippen LogP contribution in [0.2, 0.25) is 0 Å². The van der Waals surface area contributed by atoms with Crippen LogP contribution < -0.4 is 4.90 Å². The van der Waals surface area contributed by atoms with E-state index < -0.39 is 29.3 Å². The van der Waals surface area contributed by atoms with Gasteiger partial charge in [-0.3, -0.25) is 14.3 Å². The first-order valence-electron chi connectivity index (χ1n) is 9.15. The zero-order valence-corrected chi connectivity index (χ0v) is 15.9. The molecule has 4 rings (SSSR count). The minimum Gasteiger partial charge on any atom is -0.376 e. The summed E-state index contributed by atoms with van der Waals surface area (Å²) in [5.74, 6) is -2.26. The molecule has 2 aromatic rings. The van der Waals surface area contributed by atoms with Gasteiger partial charge in [-0.25, -0.2) is 4.39 Å². The number of ether oxygens (including phenoxy) is 2. The number of amides is 2. The first-order valence-corrected chi connectivity index (χ1v) is 9.15. The van der Waals surface area contributed by atoms with Gasteiger partial charge in [-0.05, 0) is 31.2 Å². The van der Waals surface area contributed by atoms with Gasteiger partial charge >= 0.3 is 12.0 Å². The highest BCUT2D eigenvalue weighted by molar-refractivity contribution is 5.98. The van der Waals surface area contributed by atoms with E-state index in [1.807, 2.05) is 0 Å². The predicted molar refractivity (Wildman–Crippen MR) is 95.5 cm³/mol. The third kappa shape index (κ3) is 3.77. The van der Waals surface area contributed by atoms with Crippen molar-refractivity contribution >= 4 is 17.5 Å². The van der Waals surface area contributed by atoms with E-state index in [0.717, 1.165) is 17.0 Å². The molecule has 1 spiro atoms. The minimum atomic E-state index is -4.15. The third-order valence-corrected chi connectivity index (χ3v) is 4.91. The number of benzene rings is 1. The number of hydrogen-bond acceptors (Lipinski definition) is 6. The molecule has 0 radical (unpaired) electrons. The molecule has 2 aliphatic rings. The summed E-state index contributed by atoms with van der Waals surface area (Å²) in [5.41, 5.74) is -1.59. The number of halogens is 3. The van der Waals surface area contributed by atoms with Crippen molar-refractivity contribution in [3.8, 4) is 0 Å². The van der Waals surface area contributed by atoms with Crippen LogP contribution in [0.4, 0.5) is 18.9 Å². The first kappa shape index (κ1) is 20.4. The summed E-state index contributed by atoms with van der Waals surface area (Å²) in [6.07, 6.45) is -4.15. The Kier molecular flexibility index (Phi) is 5.02. The molecule has 1 aromatic heterocycles. The molecule has 11 heteroatoms. The normalized spacial score (nSPS) is 24.2. The van der Waals surface area contributed by atoms with E-state index in [1.54, 1.807) is 6.92 Å². The molecule has 8 nitrogen and oxygen atoms in total. The minimum absolute atomic E-state index is 0.0265. The topological polar surface area (TPSA) is 85.1 Å². The Hall–Kier alpha value is -2.92. The summed E-state index contributed by atoms with van der Waals surface area (Å²) < 4.78 is 57.7. The fourth-order valence-corrected chi connectivity index (χ4v) is 3.56. The molecular weight excluding hydrogens is 407 g/mol. The lowest BCUT2D eigenvalue weighted by atomic mass is 10.00. The Morgan fingerprint density at radius 1 is 1.20 bits per heavy atom. The molecule has 2 aliphatic heterocycles. The van der Waals surface area contributed by atoms with Gasteiger partial charge < -0.3 is 19.1 Å².